The minimum absolute atomic E-state index is 0.140. The molecular formula is C12H17N3O2. The molecule has 1 heterocycles. The van der Waals surface area contributed by atoms with E-state index in [2.05, 4.69) is 10.6 Å². The molecule has 1 aliphatic heterocycles. The molecule has 1 aliphatic rings. The summed E-state index contributed by atoms with van der Waals surface area (Å²) in [6.07, 6.45) is 0.884. The van der Waals surface area contributed by atoms with Crippen LogP contribution in [0.25, 0.3) is 0 Å². The van der Waals surface area contributed by atoms with Crippen LogP contribution in [-0.4, -0.2) is 25.3 Å². The first-order valence-corrected chi connectivity index (χ1v) is 5.70. The molecule has 5 heteroatoms. The van der Waals surface area contributed by atoms with Crippen LogP contribution in [0.3, 0.4) is 0 Å². The van der Waals surface area contributed by atoms with Crippen LogP contribution in [0.15, 0.2) is 24.3 Å². The number of benzene rings is 1. The van der Waals surface area contributed by atoms with Crippen LogP contribution in [-0.2, 0) is 11.3 Å². The van der Waals surface area contributed by atoms with Crippen LogP contribution in [0.2, 0.25) is 0 Å². The van der Waals surface area contributed by atoms with E-state index in [4.69, 9.17) is 10.5 Å². The Morgan fingerprint density at radius 1 is 1.41 bits per heavy atom. The third kappa shape index (κ3) is 3.64. The standard InChI is InChI=1S/C12H17N3O2/c13-10-3-1-9(2-4-10)7-14-12(16)15-11-5-6-17-8-11/h1-4,11H,5-8,13H2,(H2,14,15,16). The molecule has 1 fully saturated rings. The molecule has 0 aliphatic carbocycles. The Labute approximate surface area is 100 Å². The molecule has 1 saturated heterocycles. The third-order valence-electron chi connectivity index (χ3n) is 2.70. The van der Waals surface area contributed by atoms with E-state index in [0.717, 1.165) is 24.3 Å². The van der Waals surface area contributed by atoms with Crippen molar-refractivity contribution in [1.82, 2.24) is 10.6 Å². The summed E-state index contributed by atoms with van der Waals surface area (Å²) in [7, 11) is 0. The number of carbonyl (C=O) groups is 1. The Hall–Kier alpha value is -1.75. The molecule has 0 radical (unpaired) electrons. The monoisotopic (exact) mass is 235 g/mol. The lowest BCUT2D eigenvalue weighted by atomic mass is 10.2. The van der Waals surface area contributed by atoms with Gasteiger partial charge in [-0.3, -0.25) is 0 Å². The fourth-order valence-electron chi connectivity index (χ4n) is 1.70. The van der Waals surface area contributed by atoms with Crippen LogP contribution >= 0.6 is 0 Å². The van der Waals surface area contributed by atoms with Crippen molar-refractivity contribution in [1.29, 1.82) is 0 Å². The molecule has 17 heavy (non-hydrogen) atoms. The molecule has 1 atom stereocenters. The second kappa shape index (κ2) is 5.54. The number of amides is 2. The van der Waals surface area contributed by atoms with E-state index in [1.54, 1.807) is 0 Å². The maximum Gasteiger partial charge on any atom is 0.315 e. The smallest absolute Gasteiger partial charge is 0.315 e. The van der Waals surface area contributed by atoms with Crippen molar-refractivity contribution in [3.63, 3.8) is 0 Å². The van der Waals surface area contributed by atoms with Crippen molar-refractivity contribution in [2.45, 2.75) is 19.0 Å². The summed E-state index contributed by atoms with van der Waals surface area (Å²) in [5, 5.41) is 5.66. The van der Waals surface area contributed by atoms with Gasteiger partial charge in [0.05, 0.1) is 12.6 Å². The number of nitrogens with two attached hydrogens (primary N) is 1. The molecule has 1 unspecified atom stereocenters. The number of anilines is 1. The van der Waals surface area contributed by atoms with Gasteiger partial charge in [-0.2, -0.15) is 0 Å². The average molecular weight is 235 g/mol. The predicted molar refractivity (Wildman–Crippen MR) is 65.4 cm³/mol. The second-order valence-corrected chi connectivity index (χ2v) is 4.13. The highest BCUT2D eigenvalue weighted by Gasteiger charge is 2.17. The van der Waals surface area contributed by atoms with Gasteiger partial charge in [0.15, 0.2) is 0 Å². The van der Waals surface area contributed by atoms with Crippen LogP contribution in [0.5, 0.6) is 0 Å². The molecule has 0 bridgehead atoms. The summed E-state index contributed by atoms with van der Waals surface area (Å²) < 4.78 is 5.18. The highest BCUT2D eigenvalue weighted by molar-refractivity contribution is 5.74. The molecule has 0 saturated carbocycles. The van der Waals surface area contributed by atoms with Crippen molar-refractivity contribution in [3.8, 4) is 0 Å². The van der Waals surface area contributed by atoms with Crippen molar-refractivity contribution >= 4 is 11.7 Å². The number of hydrogen-bond acceptors (Lipinski definition) is 3. The van der Waals surface area contributed by atoms with E-state index in [9.17, 15) is 4.79 Å². The Kier molecular flexibility index (Phi) is 3.82. The summed E-state index contributed by atoms with van der Waals surface area (Å²) in [4.78, 5) is 11.5. The van der Waals surface area contributed by atoms with Gasteiger partial charge in [0.25, 0.3) is 0 Å². The largest absolute Gasteiger partial charge is 0.399 e. The van der Waals surface area contributed by atoms with E-state index in [-0.39, 0.29) is 12.1 Å². The highest BCUT2D eigenvalue weighted by atomic mass is 16.5. The number of carbonyl (C=O) groups excluding carboxylic acids is 1. The van der Waals surface area contributed by atoms with Crippen LogP contribution in [0.1, 0.15) is 12.0 Å². The number of hydrogen-bond donors (Lipinski definition) is 3. The first-order chi connectivity index (χ1) is 8.24. The molecule has 2 amide bonds. The Balaban J connectivity index is 1.73. The van der Waals surface area contributed by atoms with Gasteiger partial charge >= 0.3 is 6.03 Å². The van der Waals surface area contributed by atoms with Gasteiger partial charge in [-0.25, -0.2) is 4.79 Å². The van der Waals surface area contributed by atoms with Gasteiger partial charge in [-0.05, 0) is 24.1 Å². The molecule has 92 valence electrons. The quantitative estimate of drug-likeness (QED) is 0.680. The molecule has 1 aromatic rings. The van der Waals surface area contributed by atoms with Gasteiger partial charge in [-0.1, -0.05) is 12.1 Å². The number of urea groups is 1. The molecule has 0 spiro atoms. The summed E-state index contributed by atoms with van der Waals surface area (Å²) >= 11 is 0. The van der Waals surface area contributed by atoms with Crippen LogP contribution in [0.4, 0.5) is 10.5 Å². The predicted octanol–water partition coefficient (Wildman–Crippen LogP) is 0.857. The van der Waals surface area contributed by atoms with Crippen LogP contribution in [0, 0.1) is 0 Å². The fourth-order valence-corrected chi connectivity index (χ4v) is 1.70. The number of ether oxygens (including phenoxy) is 1. The highest BCUT2D eigenvalue weighted by Crippen LogP contribution is 2.05. The molecule has 0 aromatic heterocycles. The van der Waals surface area contributed by atoms with Crippen molar-refractivity contribution in [2.75, 3.05) is 18.9 Å². The lowest BCUT2D eigenvalue weighted by Gasteiger charge is -2.11. The zero-order valence-electron chi connectivity index (χ0n) is 9.61. The van der Waals surface area contributed by atoms with E-state index < -0.39 is 0 Å². The Morgan fingerprint density at radius 3 is 2.82 bits per heavy atom. The van der Waals surface area contributed by atoms with Gasteiger partial charge in [0.2, 0.25) is 0 Å². The topological polar surface area (TPSA) is 76.4 Å². The zero-order chi connectivity index (χ0) is 12.1. The summed E-state index contributed by atoms with van der Waals surface area (Å²) in [5.74, 6) is 0. The molecule has 1 aromatic carbocycles. The van der Waals surface area contributed by atoms with Crippen LogP contribution < -0.4 is 16.4 Å². The van der Waals surface area contributed by atoms with Crippen molar-refractivity contribution < 1.29 is 9.53 Å². The van der Waals surface area contributed by atoms with Gasteiger partial charge in [0.1, 0.15) is 0 Å². The van der Waals surface area contributed by atoms with E-state index in [1.165, 1.54) is 0 Å². The fraction of sp³-hybridized carbons (Fsp3) is 0.417. The van der Waals surface area contributed by atoms with E-state index in [1.807, 2.05) is 24.3 Å². The molecule has 4 N–H and O–H groups in total. The molecule has 5 nitrogen and oxygen atoms in total. The van der Waals surface area contributed by atoms with Crippen molar-refractivity contribution in [2.24, 2.45) is 0 Å². The maximum atomic E-state index is 11.5. The SMILES string of the molecule is Nc1ccc(CNC(=O)NC2CCOC2)cc1. The minimum atomic E-state index is -0.155. The summed E-state index contributed by atoms with van der Waals surface area (Å²) in [6.45, 7) is 1.83. The minimum Gasteiger partial charge on any atom is -0.399 e. The Bertz CT molecular complexity index is 372. The normalized spacial score (nSPS) is 18.9. The van der Waals surface area contributed by atoms with Gasteiger partial charge < -0.3 is 21.1 Å². The van der Waals surface area contributed by atoms with Gasteiger partial charge in [0, 0.05) is 18.8 Å². The van der Waals surface area contributed by atoms with E-state index >= 15 is 0 Å². The lowest BCUT2D eigenvalue weighted by molar-refractivity contribution is 0.188. The first-order valence-electron chi connectivity index (χ1n) is 5.70. The number of nitrogen functional groups attached to an aromatic ring is 1. The Morgan fingerprint density at radius 2 is 2.18 bits per heavy atom. The number of nitrogens with one attached hydrogen (secondary N) is 2. The summed E-state index contributed by atoms with van der Waals surface area (Å²) in [5.41, 5.74) is 7.33. The lowest BCUT2D eigenvalue weighted by Crippen LogP contribution is -2.42. The van der Waals surface area contributed by atoms with Gasteiger partial charge in [-0.15, -0.1) is 0 Å². The first kappa shape index (κ1) is 11.7. The number of rotatable bonds is 3. The third-order valence-corrected chi connectivity index (χ3v) is 2.70. The van der Waals surface area contributed by atoms with E-state index in [0.29, 0.717) is 13.2 Å². The maximum absolute atomic E-state index is 11.5. The van der Waals surface area contributed by atoms with Crippen molar-refractivity contribution in [3.05, 3.63) is 29.8 Å². The molecule has 2 rings (SSSR count). The second-order valence-electron chi connectivity index (χ2n) is 4.13. The average Bonchev–Trinajstić information content (AvgIpc) is 2.81. The molecular weight excluding hydrogens is 218 g/mol. The summed E-state index contributed by atoms with van der Waals surface area (Å²) in [6, 6.07) is 7.42. The zero-order valence-corrected chi connectivity index (χ0v) is 9.61.